The molecule has 106 valence electrons. The number of aromatic nitrogens is 2. The molecule has 1 aromatic heterocycles. The molecule has 0 amide bonds. The Morgan fingerprint density at radius 3 is 2.60 bits per heavy atom. The largest absolute Gasteiger partial charge is 0.294 e. The van der Waals surface area contributed by atoms with Gasteiger partial charge in [-0.15, -0.1) is 0 Å². The van der Waals surface area contributed by atoms with Gasteiger partial charge in [0, 0.05) is 12.1 Å². The van der Waals surface area contributed by atoms with Crippen LogP contribution in [-0.4, -0.2) is 15.6 Å². The Morgan fingerprint density at radius 2 is 2.00 bits per heavy atom. The van der Waals surface area contributed by atoms with Gasteiger partial charge in [0.15, 0.2) is 5.78 Å². The molecule has 0 spiro atoms. The first-order valence-electron chi connectivity index (χ1n) is 6.91. The molecule has 1 aromatic carbocycles. The molecule has 0 unspecified atom stereocenters. The maximum Gasteiger partial charge on any atom is 0.169 e. The van der Waals surface area contributed by atoms with Gasteiger partial charge < -0.3 is 0 Å². The molecular weight excluding hydrogens is 272 g/mol. The highest BCUT2D eigenvalue weighted by molar-refractivity contribution is 6.32. The average molecular weight is 291 g/mol. The lowest BCUT2D eigenvalue weighted by atomic mass is 10.0. The van der Waals surface area contributed by atoms with Gasteiger partial charge in [-0.25, -0.2) is 0 Å². The number of nitrogens with zero attached hydrogens (tertiary/aromatic N) is 2. The zero-order chi connectivity index (χ0) is 14.7. The third-order valence-corrected chi connectivity index (χ3v) is 3.90. The van der Waals surface area contributed by atoms with Crippen LogP contribution in [0.1, 0.15) is 41.2 Å². The molecule has 2 rings (SSSR count). The minimum atomic E-state index is 0.0854. The molecule has 0 saturated carbocycles. The van der Waals surface area contributed by atoms with Gasteiger partial charge in [-0.05, 0) is 25.8 Å². The molecule has 2 aromatic rings. The fourth-order valence-electron chi connectivity index (χ4n) is 2.32. The van der Waals surface area contributed by atoms with Crippen molar-refractivity contribution in [3.63, 3.8) is 0 Å². The minimum Gasteiger partial charge on any atom is -0.294 e. The first kappa shape index (κ1) is 14.8. The van der Waals surface area contributed by atoms with E-state index in [1.807, 2.05) is 49.7 Å². The second-order valence-corrected chi connectivity index (χ2v) is 5.17. The number of halogens is 1. The van der Waals surface area contributed by atoms with Crippen molar-refractivity contribution in [3.8, 4) is 0 Å². The first-order chi connectivity index (χ1) is 9.58. The van der Waals surface area contributed by atoms with E-state index in [-0.39, 0.29) is 5.78 Å². The molecule has 20 heavy (non-hydrogen) atoms. The molecule has 0 N–H and O–H groups in total. The fraction of sp³-hybridized carbons (Fsp3) is 0.375. The predicted molar refractivity (Wildman–Crippen MR) is 81.5 cm³/mol. The smallest absolute Gasteiger partial charge is 0.169 e. The van der Waals surface area contributed by atoms with Crippen molar-refractivity contribution < 1.29 is 4.79 Å². The molecule has 0 bridgehead atoms. The van der Waals surface area contributed by atoms with Crippen LogP contribution in [-0.2, 0) is 19.4 Å². The third kappa shape index (κ3) is 2.78. The van der Waals surface area contributed by atoms with Crippen LogP contribution in [0, 0.1) is 6.92 Å². The molecule has 0 fully saturated rings. The molecule has 0 aliphatic heterocycles. The van der Waals surface area contributed by atoms with Crippen LogP contribution < -0.4 is 0 Å². The Balaban J connectivity index is 2.33. The summed E-state index contributed by atoms with van der Waals surface area (Å²) in [7, 11) is 0. The normalized spacial score (nSPS) is 10.8. The Bertz CT molecular complexity index is 631. The van der Waals surface area contributed by atoms with E-state index in [9.17, 15) is 4.79 Å². The summed E-state index contributed by atoms with van der Waals surface area (Å²) in [5.41, 5.74) is 3.43. The Morgan fingerprint density at radius 1 is 1.30 bits per heavy atom. The lowest BCUT2D eigenvalue weighted by Gasteiger charge is -2.07. The summed E-state index contributed by atoms with van der Waals surface area (Å²) in [6.07, 6.45) is 1.07. The fourth-order valence-corrected chi connectivity index (χ4v) is 2.66. The van der Waals surface area contributed by atoms with Gasteiger partial charge in [-0.2, -0.15) is 5.10 Å². The van der Waals surface area contributed by atoms with Gasteiger partial charge >= 0.3 is 0 Å². The molecule has 0 saturated heterocycles. The number of rotatable bonds is 5. The maximum absolute atomic E-state index is 12.5. The molecule has 0 atom stereocenters. The van der Waals surface area contributed by atoms with Crippen LogP contribution in [0.3, 0.4) is 0 Å². The molecular formula is C16H19ClN2O. The molecule has 4 heteroatoms. The first-order valence-corrected chi connectivity index (χ1v) is 7.29. The van der Waals surface area contributed by atoms with Crippen molar-refractivity contribution in [2.45, 2.75) is 40.2 Å². The van der Waals surface area contributed by atoms with Crippen molar-refractivity contribution in [1.29, 1.82) is 0 Å². The summed E-state index contributed by atoms with van der Waals surface area (Å²) in [6.45, 7) is 6.69. The zero-order valence-corrected chi connectivity index (χ0v) is 12.9. The van der Waals surface area contributed by atoms with Gasteiger partial charge in [0.05, 0.1) is 22.8 Å². The summed E-state index contributed by atoms with van der Waals surface area (Å²) in [5, 5.41) is 5.08. The monoisotopic (exact) mass is 290 g/mol. The number of aryl methyl sites for hydroxylation is 3. The van der Waals surface area contributed by atoms with Crippen LogP contribution in [0.4, 0.5) is 0 Å². The highest BCUT2D eigenvalue weighted by Gasteiger charge is 2.18. The molecule has 0 aliphatic carbocycles. The number of hydrogen-bond acceptors (Lipinski definition) is 2. The van der Waals surface area contributed by atoms with Gasteiger partial charge in [0.1, 0.15) is 0 Å². The lowest BCUT2D eigenvalue weighted by molar-refractivity contribution is 0.0990. The third-order valence-electron chi connectivity index (χ3n) is 3.47. The Labute approximate surface area is 124 Å². The summed E-state index contributed by atoms with van der Waals surface area (Å²) in [4.78, 5) is 12.5. The topological polar surface area (TPSA) is 34.9 Å². The van der Waals surface area contributed by atoms with E-state index in [0.717, 1.165) is 35.5 Å². The number of benzene rings is 1. The summed E-state index contributed by atoms with van der Waals surface area (Å²) in [5.74, 6) is 0.0854. The summed E-state index contributed by atoms with van der Waals surface area (Å²) >= 11 is 6.34. The van der Waals surface area contributed by atoms with Crippen LogP contribution in [0.15, 0.2) is 24.3 Å². The Kier molecular flexibility index (Phi) is 4.61. The van der Waals surface area contributed by atoms with E-state index in [4.69, 9.17) is 11.6 Å². The molecule has 0 radical (unpaired) electrons. The van der Waals surface area contributed by atoms with E-state index in [1.54, 1.807) is 0 Å². The predicted octanol–water partition coefficient (Wildman–Crippen LogP) is 3.85. The number of carbonyl (C=O) groups excluding carboxylic acids is 1. The molecule has 1 heterocycles. The van der Waals surface area contributed by atoms with E-state index in [0.29, 0.717) is 11.4 Å². The second-order valence-electron chi connectivity index (χ2n) is 4.79. The van der Waals surface area contributed by atoms with Gasteiger partial charge in [-0.3, -0.25) is 9.48 Å². The van der Waals surface area contributed by atoms with Crippen molar-refractivity contribution >= 4 is 17.4 Å². The number of carbonyl (C=O) groups is 1. The van der Waals surface area contributed by atoms with Gasteiger partial charge in [0.25, 0.3) is 0 Å². The highest BCUT2D eigenvalue weighted by Crippen LogP contribution is 2.23. The molecule has 0 aliphatic rings. The second kappa shape index (κ2) is 6.23. The van der Waals surface area contributed by atoms with Crippen molar-refractivity contribution in [1.82, 2.24) is 9.78 Å². The van der Waals surface area contributed by atoms with Crippen molar-refractivity contribution in [2.75, 3.05) is 0 Å². The maximum atomic E-state index is 12.5. The van der Waals surface area contributed by atoms with Crippen molar-refractivity contribution in [2.24, 2.45) is 0 Å². The van der Waals surface area contributed by atoms with E-state index in [2.05, 4.69) is 5.10 Å². The Hall–Kier alpha value is -1.61. The van der Waals surface area contributed by atoms with E-state index >= 15 is 0 Å². The van der Waals surface area contributed by atoms with Crippen molar-refractivity contribution in [3.05, 3.63) is 51.8 Å². The number of ketones is 1. The average Bonchev–Trinajstić information content (AvgIpc) is 2.75. The van der Waals surface area contributed by atoms with E-state index < -0.39 is 0 Å². The van der Waals surface area contributed by atoms with Crippen LogP contribution in [0.5, 0.6) is 0 Å². The zero-order valence-electron chi connectivity index (χ0n) is 12.1. The minimum absolute atomic E-state index is 0.0854. The quantitative estimate of drug-likeness (QED) is 0.784. The molecule has 3 nitrogen and oxygen atoms in total. The standard InChI is InChI=1S/C16H19ClN2O/c1-4-13-16(17)14(19(5-2)18-13)10-15(20)12-9-7-6-8-11(12)3/h6-9H,4-5,10H2,1-3H3. The number of hydrogen-bond donors (Lipinski definition) is 0. The van der Waals surface area contributed by atoms with Crippen LogP contribution in [0.25, 0.3) is 0 Å². The van der Waals surface area contributed by atoms with Crippen LogP contribution >= 0.6 is 11.6 Å². The number of Topliss-reactive ketones (excluding diaryl/α,β-unsaturated/α-hetero) is 1. The SMILES string of the molecule is CCc1nn(CC)c(CC(=O)c2ccccc2C)c1Cl. The van der Waals surface area contributed by atoms with Gasteiger partial charge in [0.2, 0.25) is 0 Å². The summed E-state index contributed by atoms with van der Waals surface area (Å²) < 4.78 is 1.83. The van der Waals surface area contributed by atoms with Crippen LogP contribution in [0.2, 0.25) is 5.02 Å². The van der Waals surface area contributed by atoms with Gasteiger partial charge in [-0.1, -0.05) is 42.8 Å². The lowest BCUT2D eigenvalue weighted by Crippen LogP contribution is -2.11. The van der Waals surface area contributed by atoms with E-state index in [1.165, 1.54) is 0 Å². The highest BCUT2D eigenvalue weighted by atomic mass is 35.5. The summed E-state index contributed by atoms with van der Waals surface area (Å²) in [6, 6.07) is 7.63.